The molecule has 0 unspecified atom stereocenters. The van der Waals surface area contributed by atoms with Gasteiger partial charge in [0.25, 0.3) is 0 Å². The summed E-state index contributed by atoms with van der Waals surface area (Å²) in [4.78, 5) is 0. The van der Waals surface area contributed by atoms with Crippen LogP contribution >= 0.6 is 0 Å². The Morgan fingerprint density at radius 2 is 1.64 bits per heavy atom. The lowest BCUT2D eigenvalue weighted by molar-refractivity contribution is 0.0197. The second-order valence-electron chi connectivity index (χ2n) is 5.00. The van der Waals surface area contributed by atoms with E-state index in [-0.39, 0.29) is 40.6 Å². The molecule has 0 radical (unpaired) electrons. The van der Waals surface area contributed by atoms with Crippen LogP contribution in [0.4, 0.5) is 0 Å². The zero-order valence-electron chi connectivity index (χ0n) is 11.4. The number of ether oxygens (including phenoxy) is 1. The Labute approximate surface area is 125 Å². The highest BCUT2D eigenvalue weighted by atomic mass is 16.5. The van der Waals surface area contributed by atoms with E-state index in [9.17, 15) is 25.5 Å². The van der Waals surface area contributed by atoms with Crippen LogP contribution in [0.2, 0.25) is 0 Å². The molecule has 7 nitrogen and oxygen atoms in total. The number of phenols is 4. The standard InChI is InChI=1S/C15H14O6.H2O/c16-8-4-11(18)9-6-13(20)15(21-14(9)5-8)7-1-2-10(17)12(19)3-7;/h1-5,13,15-20H,6H2;1H2/t13-,15-;/m1./s1. The Hall–Kier alpha value is -2.64. The van der Waals surface area contributed by atoms with Crippen molar-refractivity contribution >= 4 is 0 Å². The predicted molar refractivity (Wildman–Crippen MR) is 76.2 cm³/mol. The maximum atomic E-state index is 10.2. The first kappa shape index (κ1) is 15.7. The van der Waals surface area contributed by atoms with Crippen LogP contribution in [0.5, 0.6) is 28.7 Å². The second kappa shape index (κ2) is 5.63. The van der Waals surface area contributed by atoms with Crippen molar-refractivity contribution in [3.8, 4) is 28.7 Å². The van der Waals surface area contributed by atoms with Crippen LogP contribution in [0, 0.1) is 0 Å². The maximum Gasteiger partial charge on any atom is 0.157 e. The van der Waals surface area contributed by atoms with Crippen molar-refractivity contribution in [2.75, 3.05) is 0 Å². The van der Waals surface area contributed by atoms with E-state index in [1.807, 2.05) is 0 Å². The van der Waals surface area contributed by atoms with Crippen molar-refractivity contribution in [3.05, 3.63) is 41.5 Å². The van der Waals surface area contributed by atoms with Gasteiger partial charge >= 0.3 is 0 Å². The molecule has 7 N–H and O–H groups in total. The summed E-state index contributed by atoms with van der Waals surface area (Å²) in [5.41, 5.74) is 0.894. The number of aliphatic hydroxyl groups excluding tert-OH is 1. The molecule has 2 atom stereocenters. The summed E-state index contributed by atoms with van der Waals surface area (Å²) in [6.45, 7) is 0. The Morgan fingerprint density at radius 1 is 0.909 bits per heavy atom. The minimum atomic E-state index is -0.933. The molecule has 22 heavy (non-hydrogen) atoms. The highest BCUT2D eigenvalue weighted by Crippen LogP contribution is 2.42. The number of hydrogen-bond donors (Lipinski definition) is 5. The highest BCUT2D eigenvalue weighted by molar-refractivity contribution is 5.52. The first-order chi connectivity index (χ1) is 9.95. The van der Waals surface area contributed by atoms with Crippen molar-refractivity contribution in [1.29, 1.82) is 0 Å². The predicted octanol–water partition coefficient (Wildman–Crippen LogP) is 0.721. The van der Waals surface area contributed by atoms with Crippen LogP contribution in [-0.4, -0.2) is 37.1 Å². The van der Waals surface area contributed by atoms with Gasteiger partial charge in [-0.15, -0.1) is 0 Å². The average Bonchev–Trinajstić information content (AvgIpc) is 2.42. The molecule has 0 saturated heterocycles. The smallest absolute Gasteiger partial charge is 0.157 e. The van der Waals surface area contributed by atoms with Crippen LogP contribution in [-0.2, 0) is 6.42 Å². The lowest BCUT2D eigenvalue weighted by atomic mass is 9.94. The minimum absolute atomic E-state index is 0. The van der Waals surface area contributed by atoms with Gasteiger partial charge in [0.1, 0.15) is 23.4 Å². The second-order valence-corrected chi connectivity index (χ2v) is 5.00. The van der Waals surface area contributed by atoms with Crippen molar-refractivity contribution < 1.29 is 35.7 Å². The molecular formula is C15H16O7. The molecule has 0 saturated carbocycles. The first-order valence-corrected chi connectivity index (χ1v) is 6.37. The monoisotopic (exact) mass is 308 g/mol. The number of aliphatic hydroxyl groups is 1. The highest BCUT2D eigenvalue weighted by Gasteiger charge is 2.32. The summed E-state index contributed by atoms with van der Waals surface area (Å²) in [6.07, 6.45) is -1.56. The molecule has 0 fully saturated rings. The van der Waals surface area contributed by atoms with E-state index in [1.54, 1.807) is 0 Å². The van der Waals surface area contributed by atoms with E-state index >= 15 is 0 Å². The van der Waals surface area contributed by atoms with E-state index in [0.29, 0.717) is 11.1 Å². The molecule has 1 aliphatic heterocycles. The maximum absolute atomic E-state index is 10.2. The van der Waals surface area contributed by atoms with Crippen LogP contribution in [0.1, 0.15) is 17.2 Å². The molecule has 0 bridgehead atoms. The molecule has 2 aromatic rings. The van der Waals surface area contributed by atoms with Gasteiger partial charge in [-0.2, -0.15) is 0 Å². The van der Waals surface area contributed by atoms with E-state index in [4.69, 9.17) is 4.74 Å². The molecule has 2 aromatic carbocycles. The summed E-state index contributed by atoms with van der Waals surface area (Å²) in [5.74, 6) is -0.589. The van der Waals surface area contributed by atoms with Crippen LogP contribution < -0.4 is 4.74 Å². The van der Waals surface area contributed by atoms with Crippen molar-refractivity contribution in [1.82, 2.24) is 0 Å². The largest absolute Gasteiger partial charge is 0.508 e. The van der Waals surface area contributed by atoms with Gasteiger partial charge in [0.05, 0.1) is 6.10 Å². The zero-order chi connectivity index (χ0) is 15.1. The number of fused-ring (bicyclic) bond motifs is 1. The third-order valence-corrected chi connectivity index (χ3v) is 3.51. The fourth-order valence-electron chi connectivity index (χ4n) is 2.47. The third kappa shape index (κ3) is 2.59. The van der Waals surface area contributed by atoms with E-state index < -0.39 is 12.2 Å². The molecule has 0 aliphatic carbocycles. The molecule has 7 heteroatoms. The van der Waals surface area contributed by atoms with Gasteiger partial charge in [0, 0.05) is 24.1 Å². The molecule has 0 spiro atoms. The molecule has 3 rings (SSSR count). The number of rotatable bonds is 1. The number of aromatic hydroxyl groups is 4. The topological polar surface area (TPSA) is 142 Å². The van der Waals surface area contributed by atoms with E-state index in [2.05, 4.69) is 0 Å². The fraction of sp³-hybridized carbons (Fsp3) is 0.200. The van der Waals surface area contributed by atoms with Gasteiger partial charge in [-0.05, 0) is 17.7 Å². The van der Waals surface area contributed by atoms with Crippen LogP contribution in [0.25, 0.3) is 0 Å². The van der Waals surface area contributed by atoms with Crippen molar-refractivity contribution in [3.63, 3.8) is 0 Å². The minimum Gasteiger partial charge on any atom is -0.508 e. The molecule has 1 aliphatic rings. The first-order valence-electron chi connectivity index (χ1n) is 6.37. The average molecular weight is 308 g/mol. The normalized spacial score (nSPS) is 19.7. The quantitative estimate of drug-likeness (QED) is 0.491. The summed E-state index contributed by atoms with van der Waals surface area (Å²) < 4.78 is 5.62. The van der Waals surface area contributed by atoms with Crippen LogP contribution in [0.15, 0.2) is 30.3 Å². The lowest BCUT2D eigenvalue weighted by Crippen LogP contribution is -2.30. The summed E-state index contributed by atoms with van der Waals surface area (Å²) >= 11 is 0. The molecule has 0 aromatic heterocycles. The Morgan fingerprint density at radius 3 is 2.32 bits per heavy atom. The fourth-order valence-corrected chi connectivity index (χ4v) is 2.47. The number of phenolic OH excluding ortho intramolecular Hbond substituents is 4. The van der Waals surface area contributed by atoms with Gasteiger partial charge < -0.3 is 35.7 Å². The van der Waals surface area contributed by atoms with Gasteiger partial charge in [0.2, 0.25) is 0 Å². The van der Waals surface area contributed by atoms with Gasteiger partial charge in [-0.25, -0.2) is 0 Å². The summed E-state index contributed by atoms with van der Waals surface area (Å²) in [6, 6.07) is 6.67. The molecule has 0 amide bonds. The summed E-state index contributed by atoms with van der Waals surface area (Å²) in [5, 5.41) is 48.3. The zero-order valence-corrected chi connectivity index (χ0v) is 11.4. The van der Waals surface area contributed by atoms with Gasteiger partial charge in [0.15, 0.2) is 11.5 Å². The van der Waals surface area contributed by atoms with Crippen LogP contribution in [0.3, 0.4) is 0 Å². The Bertz CT molecular complexity index is 699. The van der Waals surface area contributed by atoms with Crippen molar-refractivity contribution in [2.24, 2.45) is 0 Å². The van der Waals surface area contributed by atoms with Gasteiger partial charge in [-0.3, -0.25) is 0 Å². The van der Waals surface area contributed by atoms with Crippen molar-refractivity contribution in [2.45, 2.75) is 18.6 Å². The van der Waals surface area contributed by atoms with Gasteiger partial charge in [-0.1, -0.05) is 6.07 Å². The Kier molecular flexibility index (Phi) is 4.03. The van der Waals surface area contributed by atoms with E-state index in [1.165, 1.54) is 30.3 Å². The molecular weight excluding hydrogens is 292 g/mol. The third-order valence-electron chi connectivity index (χ3n) is 3.51. The SMILES string of the molecule is O.Oc1cc(O)c2c(c1)O[C@H](c1ccc(O)c(O)c1)[C@H](O)C2. The summed E-state index contributed by atoms with van der Waals surface area (Å²) in [7, 11) is 0. The van der Waals surface area contributed by atoms with E-state index in [0.717, 1.165) is 0 Å². The lowest BCUT2D eigenvalue weighted by Gasteiger charge is -2.31. The number of benzene rings is 2. The number of hydrogen-bond acceptors (Lipinski definition) is 6. The molecule has 1 heterocycles. The Balaban J connectivity index is 0.00000176. The molecule has 118 valence electrons.